The Hall–Kier alpha value is -3.35. The van der Waals surface area contributed by atoms with Crippen LogP contribution in [0.1, 0.15) is 110 Å². The number of hydrogen-bond acceptors (Lipinski definition) is 15. The first-order valence-electron chi connectivity index (χ1n) is 22.4. The van der Waals surface area contributed by atoms with Crippen LogP contribution >= 0.6 is 7.82 Å². The zero-order chi connectivity index (χ0) is 47.6. The Bertz CT molecular complexity index is 1540. The summed E-state index contributed by atoms with van der Waals surface area (Å²) in [5.74, 6) is -1.46. The first-order valence-corrected chi connectivity index (χ1v) is 23.9. The highest BCUT2D eigenvalue weighted by Gasteiger charge is 2.51. The van der Waals surface area contributed by atoms with Crippen molar-refractivity contribution >= 4 is 19.8 Å². The third-order valence-electron chi connectivity index (χ3n) is 9.76. The van der Waals surface area contributed by atoms with Crippen molar-refractivity contribution in [1.29, 1.82) is 0 Å². The summed E-state index contributed by atoms with van der Waals surface area (Å²) < 4.78 is 33.2. The quantitative estimate of drug-likeness (QED) is 0.0132. The molecule has 1 fully saturated rings. The summed E-state index contributed by atoms with van der Waals surface area (Å²) in [4.78, 5) is 35.7. The summed E-state index contributed by atoms with van der Waals surface area (Å²) in [6.45, 7) is 2.66. The smallest absolute Gasteiger partial charge is 0.462 e. The molecule has 0 aromatic rings. The van der Waals surface area contributed by atoms with Gasteiger partial charge >= 0.3 is 19.8 Å². The lowest BCUT2D eigenvalue weighted by Gasteiger charge is -2.41. The van der Waals surface area contributed by atoms with Gasteiger partial charge in [-0.3, -0.25) is 18.6 Å². The van der Waals surface area contributed by atoms with Gasteiger partial charge in [-0.25, -0.2) is 4.57 Å². The van der Waals surface area contributed by atoms with Crippen LogP contribution in [-0.4, -0.2) is 132 Å². The van der Waals surface area contributed by atoms with E-state index in [9.17, 15) is 59.9 Å². The number of ether oxygens (including phenoxy) is 2. The van der Waals surface area contributed by atoms with Gasteiger partial charge in [-0.2, -0.15) is 0 Å². The third-order valence-corrected chi connectivity index (χ3v) is 10.7. The average molecular weight is 927 g/mol. The molecule has 0 saturated heterocycles. The van der Waals surface area contributed by atoms with Gasteiger partial charge in [0.15, 0.2) is 6.10 Å². The van der Waals surface area contributed by atoms with E-state index in [1.165, 1.54) is 6.08 Å². The molecule has 0 heterocycles. The second kappa shape index (κ2) is 35.9. The van der Waals surface area contributed by atoms with Gasteiger partial charge in [-0.05, 0) is 64.2 Å². The molecular formula is C47H75O16P. The van der Waals surface area contributed by atoms with E-state index in [0.29, 0.717) is 12.8 Å². The topological polar surface area (TPSA) is 270 Å². The van der Waals surface area contributed by atoms with Crippen molar-refractivity contribution in [2.45, 2.75) is 171 Å². The zero-order valence-corrected chi connectivity index (χ0v) is 38.3. The fraction of sp³-hybridized carbons (Fsp3) is 0.617. The number of hydrogen-bond donors (Lipinski definition) is 9. The van der Waals surface area contributed by atoms with Gasteiger partial charge in [0.25, 0.3) is 0 Å². The molecule has 0 bridgehead atoms. The Morgan fingerprint density at radius 3 is 1.80 bits per heavy atom. The van der Waals surface area contributed by atoms with Crippen LogP contribution in [0.15, 0.2) is 97.2 Å². The number of phosphoric ester groups is 1. The van der Waals surface area contributed by atoms with E-state index >= 15 is 0 Å². The molecule has 9 N–H and O–H groups in total. The fourth-order valence-corrected chi connectivity index (χ4v) is 7.03. The van der Waals surface area contributed by atoms with E-state index in [2.05, 4.69) is 43.4 Å². The minimum Gasteiger partial charge on any atom is -0.462 e. The number of esters is 2. The molecule has 1 aliphatic carbocycles. The predicted molar refractivity (Wildman–Crippen MR) is 243 cm³/mol. The maximum absolute atomic E-state index is 12.8. The lowest BCUT2D eigenvalue weighted by Crippen LogP contribution is -2.64. The molecule has 1 rings (SSSR count). The van der Waals surface area contributed by atoms with Gasteiger partial charge in [0.2, 0.25) is 0 Å². The van der Waals surface area contributed by atoms with Gasteiger partial charge < -0.3 is 55.2 Å². The van der Waals surface area contributed by atoms with E-state index in [-0.39, 0.29) is 25.7 Å². The molecule has 1 saturated carbocycles. The largest absolute Gasteiger partial charge is 0.472 e. The van der Waals surface area contributed by atoms with Crippen molar-refractivity contribution in [1.82, 2.24) is 0 Å². The molecule has 11 atom stereocenters. The number of unbranched alkanes of at least 4 members (excludes halogenated alkanes) is 5. The maximum Gasteiger partial charge on any atom is 0.472 e. The van der Waals surface area contributed by atoms with Crippen molar-refractivity contribution in [3.63, 3.8) is 0 Å². The normalized spacial score (nSPS) is 24.0. The van der Waals surface area contributed by atoms with Crippen LogP contribution in [0.5, 0.6) is 0 Å². The first-order chi connectivity index (χ1) is 30.6. The summed E-state index contributed by atoms with van der Waals surface area (Å²) >= 11 is 0. The summed E-state index contributed by atoms with van der Waals surface area (Å²) in [6, 6.07) is 0. The molecule has 16 nitrogen and oxygen atoms in total. The Morgan fingerprint density at radius 2 is 1.14 bits per heavy atom. The minimum absolute atomic E-state index is 0.00307. The lowest BCUT2D eigenvalue weighted by atomic mass is 9.85. The van der Waals surface area contributed by atoms with Crippen molar-refractivity contribution < 1.29 is 78.4 Å². The van der Waals surface area contributed by atoms with Crippen molar-refractivity contribution in [2.24, 2.45) is 0 Å². The standard InChI is InChI=1S/C47H75O16P/c1-3-5-7-8-9-10-11-12-13-14-15-16-17-22-26-32-41(52)62-37(35-61-64(58,59)63-47-45(56)43(54)42(53)44(55)46(47)57)34-60-40(51)33-27-31-39(50)38(49)30-25-21-19-18-20-24-29-36(48)28-23-6-4-2/h5-7,9-10,12-13,18-21,23-25,29-30,36-39,42-50,53-57H,3-4,8,11,14-17,22,26-28,31-35H2,1-2H3,(H,58,59)/b7-5-,10-9-,13-12-,20-18+,21-19-,23-6-,29-24+,30-25-/t36-,37-,38+,39+,42?,43-,44+,45-,46-,47?/m1/s1. The van der Waals surface area contributed by atoms with Crippen molar-refractivity contribution in [2.75, 3.05) is 13.2 Å². The van der Waals surface area contributed by atoms with Crippen LogP contribution in [0, 0.1) is 0 Å². The Balaban J connectivity index is 2.64. The SMILES string of the molecule is CC/C=C\C/C=C\C/C=C\CCCCCCCC(=O)O[C@H](COC(=O)CCC[C@H](O)[C@@H](O)\C=C/C=C\C=C\C=C\[C@H](O)C/C=C\CC)COP(=O)(O)OC1[C@H](O)[C@H](O)C(O)[C@H](O)[C@H]1O. The Morgan fingerprint density at radius 1 is 0.609 bits per heavy atom. The molecule has 1 aliphatic rings. The summed E-state index contributed by atoms with van der Waals surface area (Å²) in [5, 5.41) is 80.6. The molecule has 364 valence electrons. The Labute approximate surface area is 378 Å². The average Bonchev–Trinajstić information content (AvgIpc) is 3.26. The molecule has 17 heteroatoms. The number of aliphatic hydroxyl groups excluding tert-OH is 8. The van der Waals surface area contributed by atoms with Crippen LogP contribution in [0.25, 0.3) is 0 Å². The Kier molecular flexibility index (Phi) is 32.9. The van der Waals surface area contributed by atoms with Crippen molar-refractivity contribution in [3.05, 3.63) is 97.2 Å². The highest BCUT2D eigenvalue weighted by molar-refractivity contribution is 7.47. The fourth-order valence-electron chi connectivity index (χ4n) is 6.05. The summed E-state index contributed by atoms with van der Waals surface area (Å²) in [7, 11) is -5.21. The number of aliphatic hydroxyl groups is 8. The van der Waals surface area contributed by atoms with Crippen molar-refractivity contribution in [3.8, 4) is 0 Å². The molecule has 0 radical (unpaired) electrons. The van der Waals surface area contributed by atoms with Crippen LogP contribution in [0.2, 0.25) is 0 Å². The molecule has 0 aromatic carbocycles. The third kappa shape index (κ3) is 27.9. The zero-order valence-electron chi connectivity index (χ0n) is 37.4. The summed E-state index contributed by atoms with van der Waals surface area (Å²) in [6.07, 6.45) is 22.5. The van der Waals surface area contributed by atoms with Gasteiger partial charge in [-0.1, -0.05) is 130 Å². The van der Waals surface area contributed by atoms with Gasteiger partial charge in [0, 0.05) is 12.8 Å². The number of carbonyl (C=O) groups excluding carboxylic acids is 2. The number of rotatable bonds is 34. The number of carbonyl (C=O) groups is 2. The highest BCUT2D eigenvalue weighted by Crippen LogP contribution is 2.47. The van der Waals surface area contributed by atoms with E-state index in [1.54, 1.807) is 42.5 Å². The van der Waals surface area contributed by atoms with E-state index in [1.807, 2.05) is 19.1 Å². The van der Waals surface area contributed by atoms with Gasteiger partial charge in [0.1, 0.15) is 43.2 Å². The van der Waals surface area contributed by atoms with Crippen LogP contribution in [0.4, 0.5) is 0 Å². The molecule has 3 unspecified atom stereocenters. The van der Waals surface area contributed by atoms with Gasteiger partial charge in [-0.15, -0.1) is 0 Å². The molecule has 0 amide bonds. The lowest BCUT2D eigenvalue weighted by molar-refractivity contribution is -0.220. The van der Waals surface area contributed by atoms with E-state index < -0.39 is 94.0 Å². The second-order valence-electron chi connectivity index (χ2n) is 15.4. The first kappa shape index (κ1) is 58.7. The van der Waals surface area contributed by atoms with Gasteiger partial charge in [0.05, 0.1) is 24.9 Å². The van der Waals surface area contributed by atoms with Crippen LogP contribution in [-0.2, 0) is 32.7 Å². The molecule has 0 spiro atoms. The highest BCUT2D eigenvalue weighted by atomic mass is 31.2. The summed E-state index contributed by atoms with van der Waals surface area (Å²) in [5.41, 5.74) is 0. The number of phosphoric acid groups is 1. The molecule has 0 aromatic heterocycles. The minimum atomic E-state index is -5.21. The predicted octanol–water partition coefficient (Wildman–Crippen LogP) is 5.19. The molecule has 0 aliphatic heterocycles. The molecule has 64 heavy (non-hydrogen) atoms. The van der Waals surface area contributed by atoms with E-state index in [0.717, 1.165) is 57.8 Å². The molecular weight excluding hydrogens is 851 g/mol. The van der Waals surface area contributed by atoms with E-state index in [4.69, 9.17) is 18.5 Å². The maximum atomic E-state index is 12.8. The second-order valence-corrected chi connectivity index (χ2v) is 16.8. The van der Waals surface area contributed by atoms with Crippen LogP contribution in [0.3, 0.4) is 0 Å². The van der Waals surface area contributed by atoms with Crippen LogP contribution < -0.4 is 0 Å². The number of allylic oxidation sites excluding steroid dienone is 13. The monoisotopic (exact) mass is 926 g/mol.